The lowest BCUT2D eigenvalue weighted by atomic mass is 9.99. The third kappa shape index (κ3) is 3.81. The van der Waals surface area contributed by atoms with Crippen molar-refractivity contribution in [3.8, 4) is 0 Å². The second kappa shape index (κ2) is 7.41. The zero-order valence-corrected chi connectivity index (χ0v) is 15.8. The molecule has 1 aromatic heterocycles. The maximum absolute atomic E-state index is 12.6. The van der Waals surface area contributed by atoms with Crippen LogP contribution in [-0.2, 0) is 13.0 Å². The molecule has 0 fully saturated rings. The van der Waals surface area contributed by atoms with Crippen LogP contribution in [0.25, 0.3) is 0 Å². The van der Waals surface area contributed by atoms with Gasteiger partial charge in [-0.1, -0.05) is 41.9 Å². The zero-order valence-electron chi connectivity index (χ0n) is 15.1. The van der Waals surface area contributed by atoms with Crippen LogP contribution in [0.4, 0.5) is 11.4 Å². The number of aromatic nitrogens is 1. The van der Waals surface area contributed by atoms with Gasteiger partial charge < -0.3 is 10.2 Å². The van der Waals surface area contributed by atoms with E-state index < -0.39 is 0 Å². The minimum Gasteiger partial charge on any atom is -0.366 e. The summed E-state index contributed by atoms with van der Waals surface area (Å²) in [7, 11) is 0. The number of carbonyl (C=O) groups excluding carboxylic acids is 1. The molecular formula is C22H20ClN3O. The van der Waals surface area contributed by atoms with Crippen LogP contribution in [0.15, 0.2) is 60.9 Å². The van der Waals surface area contributed by atoms with Gasteiger partial charge in [0.15, 0.2) is 0 Å². The number of halogens is 1. The summed E-state index contributed by atoms with van der Waals surface area (Å²) in [6.45, 7) is 3.67. The molecule has 0 saturated heterocycles. The first-order valence-electron chi connectivity index (χ1n) is 8.94. The van der Waals surface area contributed by atoms with Crippen LogP contribution in [0.1, 0.15) is 27.0 Å². The number of hydrogen-bond donors (Lipinski definition) is 1. The standard InChI is InChI=1S/C22H20ClN3O/c1-15-6-7-19(11-21(15)23)25-22(27)18-10-20(13-24-12-18)26-9-8-16-4-2-3-5-17(16)14-26/h2-7,10-13H,8-9,14H2,1H3,(H,25,27). The van der Waals surface area contributed by atoms with Gasteiger partial charge in [0.2, 0.25) is 0 Å². The third-order valence-corrected chi connectivity index (χ3v) is 5.32. The van der Waals surface area contributed by atoms with Crippen molar-refractivity contribution < 1.29 is 4.79 Å². The van der Waals surface area contributed by atoms with Gasteiger partial charge in [-0.2, -0.15) is 0 Å². The third-order valence-electron chi connectivity index (χ3n) is 4.91. The fraction of sp³-hybridized carbons (Fsp3) is 0.182. The van der Waals surface area contributed by atoms with Gasteiger partial charge in [0.25, 0.3) is 5.91 Å². The largest absolute Gasteiger partial charge is 0.366 e. The topological polar surface area (TPSA) is 45.2 Å². The fourth-order valence-electron chi connectivity index (χ4n) is 3.31. The van der Waals surface area contributed by atoms with Gasteiger partial charge in [0, 0.05) is 30.0 Å². The molecule has 0 bridgehead atoms. The number of benzene rings is 2. The van der Waals surface area contributed by atoms with E-state index in [4.69, 9.17) is 11.6 Å². The second-order valence-electron chi connectivity index (χ2n) is 6.79. The van der Waals surface area contributed by atoms with E-state index >= 15 is 0 Å². The molecule has 0 saturated carbocycles. The summed E-state index contributed by atoms with van der Waals surface area (Å²) in [5.74, 6) is -0.193. The van der Waals surface area contributed by atoms with Gasteiger partial charge in [-0.3, -0.25) is 9.78 Å². The van der Waals surface area contributed by atoms with Crippen molar-refractivity contribution in [1.29, 1.82) is 0 Å². The van der Waals surface area contributed by atoms with Crippen LogP contribution in [0, 0.1) is 6.92 Å². The Balaban J connectivity index is 1.52. The van der Waals surface area contributed by atoms with Crippen molar-refractivity contribution in [1.82, 2.24) is 4.98 Å². The number of nitrogens with zero attached hydrogens (tertiary/aromatic N) is 2. The Morgan fingerprint density at radius 2 is 1.93 bits per heavy atom. The molecule has 0 aliphatic carbocycles. The van der Waals surface area contributed by atoms with Crippen LogP contribution in [-0.4, -0.2) is 17.4 Å². The molecule has 0 radical (unpaired) electrons. The number of nitrogens with one attached hydrogen (secondary N) is 1. The molecular weight excluding hydrogens is 358 g/mol. The number of pyridine rings is 1. The van der Waals surface area contributed by atoms with Crippen molar-refractivity contribution in [3.05, 3.63) is 88.2 Å². The van der Waals surface area contributed by atoms with Gasteiger partial charge in [0.05, 0.1) is 17.4 Å². The molecule has 27 heavy (non-hydrogen) atoms. The molecule has 136 valence electrons. The molecule has 2 aromatic carbocycles. The van der Waals surface area contributed by atoms with E-state index in [2.05, 4.69) is 39.5 Å². The van der Waals surface area contributed by atoms with E-state index in [9.17, 15) is 4.79 Å². The van der Waals surface area contributed by atoms with Gasteiger partial charge in [0.1, 0.15) is 0 Å². The minimum atomic E-state index is -0.193. The van der Waals surface area contributed by atoms with Crippen molar-refractivity contribution in [2.24, 2.45) is 0 Å². The number of fused-ring (bicyclic) bond motifs is 1. The molecule has 1 aliphatic heterocycles. The van der Waals surface area contributed by atoms with Crippen molar-refractivity contribution in [2.45, 2.75) is 19.9 Å². The van der Waals surface area contributed by atoms with Crippen molar-refractivity contribution >= 4 is 28.9 Å². The lowest BCUT2D eigenvalue weighted by Crippen LogP contribution is -2.30. The quantitative estimate of drug-likeness (QED) is 0.709. The molecule has 1 aliphatic rings. The number of aryl methyl sites for hydroxylation is 1. The number of carbonyl (C=O) groups is 1. The summed E-state index contributed by atoms with van der Waals surface area (Å²) in [4.78, 5) is 19.2. The van der Waals surface area contributed by atoms with Gasteiger partial charge in [-0.25, -0.2) is 0 Å². The molecule has 0 spiro atoms. The highest BCUT2D eigenvalue weighted by Gasteiger charge is 2.17. The van der Waals surface area contributed by atoms with E-state index in [-0.39, 0.29) is 5.91 Å². The van der Waals surface area contributed by atoms with Gasteiger partial charge in [-0.15, -0.1) is 0 Å². The number of hydrogen-bond acceptors (Lipinski definition) is 3. The summed E-state index contributed by atoms with van der Waals surface area (Å²) in [6, 6.07) is 15.9. The van der Waals surface area contributed by atoms with E-state index in [1.54, 1.807) is 12.3 Å². The number of anilines is 2. The maximum atomic E-state index is 12.6. The Hall–Kier alpha value is -2.85. The van der Waals surface area contributed by atoms with E-state index in [0.717, 1.165) is 30.8 Å². The Bertz CT molecular complexity index is 1000. The summed E-state index contributed by atoms with van der Waals surface area (Å²) in [5.41, 5.74) is 5.86. The van der Waals surface area contributed by atoms with E-state index in [0.29, 0.717) is 16.3 Å². The van der Waals surface area contributed by atoms with Gasteiger partial charge >= 0.3 is 0 Å². The lowest BCUT2D eigenvalue weighted by molar-refractivity contribution is 0.102. The molecule has 2 heterocycles. The molecule has 3 aromatic rings. The van der Waals surface area contributed by atoms with Crippen LogP contribution >= 0.6 is 11.6 Å². The van der Waals surface area contributed by atoms with Crippen LogP contribution < -0.4 is 10.2 Å². The Kier molecular flexibility index (Phi) is 4.82. The minimum absolute atomic E-state index is 0.193. The molecule has 0 unspecified atom stereocenters. The van der Waals surface area contributed by atoms with Gasteiger partial charge in [-0.05, 0) is 48.2 Å². The first kappa shape index (κ1) is 17.6. The normalized spacial score (nSPS) is 13.2. The first-order valence-corrected chi connectivity index (χ1v) is 9.32. The Labute approximate surface area is 163 Å². The zero-order chi connectivity index (χ0) is 18.8. The number of amides is 1. The monoisotopic (exact) mass is 377 g/mol. The molecule has 1 amide bonds. The average Bonchev–Trinajstić information content (AvgIpc) is 2.70. The molecule has 1 N–H and O–H groups in total. The highest BCUT2D eigenvalue weighted by molar-refractivity contribution is 6.31. The van der Waals surface area contributed by atoms with Crippen LogP contribution in [0.5, 0.6) is 0 Å². The molecule has 4 nitrogen and oxygen atoms in total. The molecule has 5 heteroatoms. The lowest BCUT2D eigenvalue weighted by Gasteiger charge is -2.30. The van der Waals surface area contributed by atoms with E-state index in [1.807, 2.05) is 31.3 Å². The molecule has 4 rings (SSSR count). The van der Waals surface area contributed by atoms with E-state index in [1.165, 1.54) is 11.1 Å². The van der Waals surface area contributed by atoms with Crippen molar-refractivity contribution in [2.75, 3.05) is 16.8 Å². The summed E-state index contributed by atoms with van der Waals surface area (Å²) in [6.07, 6.45) is 4.40. The van der Waals surface area contributed by atoms with Crippen LogP contribution in [0.3, 0.4) is 0 Å². The Morgan fingerprint density at radius 1 is 1.11 bits per heavy atom. The van der Waals surface area contributed by atoms with Crippen LogP contribution in [0.2, 0.25) is 5.02 Å². The predicted octanol–water partition coefficient (Wildman–Crippen LogP) is 4.86. The SMILES string of the molecule is Cc1ccc(NC(=O)c2cncc(N3CCc4ccccc4C3)c2)cc1Cl. The first-order chi connectivity index (χ1) is 13.1. The fourth-order valence-corrected chi connectivity index (χ4v) is 3.50. The summed E-state index contributed by atoms with van der Waals surface area (Å²) in [5, 5.41) is 3.52. The maximum Gasteiger partial charge on any atom is 0.257 e. The summed E-state index contributed by atoms with van der Waals surface area (Å²) >= 11 is 6.14. The average molecular weight is 378 g/mol. The summed E-state index contributed by atoms with van der Waals surface area (Å²) < 4.78 is 0. The number of rotatable bonds is 3. The predicted molar refractivity (Wildman–Crippen MR) is 110 cm³/mol. The Morgan fingerprint density at radius 3 is 2.74 bits per heavy atom. The highest BCUT2D eigenvalue weighted by Crippen LogP contribution is 2.25. The van der Waals surface area contributed by atoms with Crippen molar-refractivity contribution in [3.63, 3.8) is 0 Å². The molecule has 0 atom stereocenters. The highest BCUT2D eigenvalue weighted by atomic mass is 35.5. The smallest absolute Gasteiger partial charge is 0.257 e. The second-order valence-corrected chi connectivity index (χ2v) is 7.20.